The van der Waals surface area contributed by atoms with E-state index in [1.165, 1.54) is 11.3 Å². The number of allylic oxidation sites excluding steroid dienone is 1. The molecular formula is C40H33N3O4S. The zero-order valence-electron chi connectivity index (χ0n) is 26.8. The second kappa shape index (κ2) is 13.2. The van der Waals surface area contributed by atoms with Gasteiger partial charge in [0.2, 0.25) is 0 Å². The number of nitrogens with zero attached hydrogens (tertiary/aromatic N) is 3. The fraction of sp³-hybridized carbons (Fsp3) is 0.125. The van der Waals surface area contributed by atoms with Crippen molar-refractivity contribution < 1.29 is 14.3 Å². The standard InChI is InChI=1S/C40H33N3O4S/c1-4-47-39(45)35-26(2)41-40-43(37(35)31-22-14-15-23-33(31)46-3)38(44)34(48-40)25-29-24-32(27-16-8-5-9-17-27)42(30-20-12-7-13-21-30)36(29)28-18-10-6-11-19-28/h5-25,37H,4H2,1-3H3/t37-/m0/s1. The Balaban J connectivity index is 1.52. The Labute approximate surface area is 282 Å². The Morgan fingerprint density at radius 1 is 0.875 bits per heavy atom. The van der Waals surface area contributed by atoms with E-state index in [9.17, 15) is 9.59 Å². The summed E-state index contributed by atoms with van der Waals surface area (Å²) in [4.78, 5) is 33.3. The molecule has 0 N–H and O–H groups in total. The van der Waals surface area contributed by atoms with Crippen LogP contribution >= 0.6 is 11.3 Å². The van der Waals surface area contributed by atoms with Crippen LogP contribution in [-0.4, -0.2) is 28.8 Å². The minimum Gasteiger partial charge on any atom is -0.496 e. The third-order valence-electron chi connectivity index (χ3n) is 8.40. The summed E-state index contributed by atoms with van der Waals surface area (Å²) in [7, 11) is 1.58. The normalized spacial score (nSPS) is 14.4. The van der Waals surface area contributed by atoms with E-state index in [1.54, 1.807) is 25.5 Å². The van der Waals surface area contributed by atoms with Crippen LogP contribution in [0.2, 0.25) is 0 Å². The monoisotopic (exact) mass is 651 g/mol. The smallest absolute Gasteiger partial charge is 0.338 e. The third kappa shape index (κ3) is 5.50. The van der Waals surface area contributed by atoms with Crippen LogP contribution in [0.15, 0.2) is 142 Å². The quantitative estimate of drug-likeness (QED) is 0.167. The largest absolute Gasteiger partial charge is 0.496 e. The van der Waals surface area contributed by atoms with Crippen LogP contribution in [-0.2, 0) is 9.53 Å². The van der Waals surface area contributed by atoms with E-state index in [0.29, 0.717) is 31.9 Å². The maximum Gasteiger partial charge on any atom is 0.338 e. The van der Waals surface area contributed by atoms with E-state index in [-0.39, 0.29) is 12.2 Å². The van der Waals surface area contributed by atoms with Crippen molar-refractivity contribution >= 4 is 23.4 Å². The number of hydrogen-bond acceptors (Lipinski definition) is 6. The molecular weight excluding hydrogens is 619 g/mol. The molecule has 0 radical (unpaired) electrons. The van der Waals surface area contributed by atoms with E-state index < -0.39 is 12.0 Å². The lowest BCUT2D eigenvalue weighted by atomic mass is 9.95. The molecule has 0 bridgehead atoms. The summed E-state index contributed by atoms with van der Waals surface area (Å²) in [5, 5.41) is 0. The van der Waals surface area contributed by atoms with Gasteiger partial charge in [0, 0.05) is 16.8 Å². The molecule has 0 saturated carbocycles. The summed E-state index contributed by atoms with van der Waals surface area (Å²) in [6.07, 6.45) is 1.95. The van der Waals surface area contributed by atoms with Gasteiger partial charge in [-0.25, -0.2) is 9.79 Å². The van der Waals surface area contributed by atoms with Gasteiger partial charge in [-0.3, -0.25) is 9.36 Å². The Bertz CT molecular complexity index is 2340. The highest BCUT2D eigenvalue weighted by Gasteiger charge is 2.35. The number of aromatic nitrogens is 2. The third-order valence-corrected chi connectivity index (χ3v) is 9.38. The Hall–Kier alpha value is -5.73. The van der Waals surface area contributed by atoms with Crippen LogP contribution in [0, 0.1) is 0 Å². The second-order valence-corrected chi connectivity index (χ2v) is 12.3. The van der Waals surface area contributed by atoms with Gasteiger partial charge in [0.05, 0.1) is 40.9 Å². The molecule has 1 aliphatic rings. The molecule has 238 valence electrons. The van der Waals surface area contributed by atoms with Gasteiger partial charge in [0.25, 0.3) is 5.56 Å². The number of esters is 1. The van der Waals surface area contributed by atoms with Gasteiger partial charge in [0.15, 0.2) is 4.80 Å². The van der Waals surface area contributed by atoms with Crippen molar-refractivity contribution in [2.24, 2.45) is 4.99 Å². The maximum absolute atomic E-state index is 14.6. The molecule has 8 heteroatoms. The Morgan fingerprint density at radius 3 is 2.17 bits per heavy atom. The number of methoxy groups -OCH3 is 1. The van der Waals surface area contributed by atoms with Gasteiger partial charge < -0.3 is 14.0 Å². The zero-order chi connectivity index (χ0) is 33.2. The van der Waals surface area contributed by atoms with Gasteiger partial charge in [-0.15, -0.1) is 0 Å². The molecule has 0 unspecified atom stereocenters. The first-order chi connectivity index (χ1) is 23.5. The van der Waals surface area contributed by atoms with Crippen LogP contribution in [0.3, 0.4) is 0 Å². The van der Waals surface area contributed by atoms with Crippen molar-refractivity contribution in [3.05, 3.63) is 163 Å². The van der Waals surface area contributed by atoms with Crippen LogP contribution < -0.4 is 19.6 Å². The van der Waals surface area contributed by atoms with Crippen LogP contribution in [0.25, 0.3) is 34.3 Å². The van der Waals surface area contributed by atoms with Crippen molar-refractivity contribution in [3.8, 4) is 34.0 Å². The molecule has 1 aliphatic heterocycles. The number of thiazole rings is 1. The van der Waals surface area contributed by atoms with Crippen molar-refractivity contribution in [2.45, 2.75) is 19.9 Å². The SMILES string of the molecule is CCOC(=O)C1=C(C)N=c2sc(=Cc3cc(-c4ccccc4)n(-c4ccccc4)c3-c3ccccc3)c(=O)n2[C@H]1c1ccccc1OC. The minimum absolute atomic E-state index is 0.198. The fourth-order valence-electron chi connectivity index (χ4n) is 6.32. The number of hydrogen-bond donors (Lipinski definition) is 0. The number of ether oxygens (including phenoxy) is 2. The average molecular weight is 652 g/mol. The first-order valence-corrected chi connectivity index (χ1v) is 16.6. The molecule has 0 spiro atoms. The molecule has 1 atom stereocenters. The number of carbonyl (C=O) groups excluding carboxylic acids is 1. The molecule has 3 heterocycles. The van der Waals surface area contributed by atoms with Gasteiger partial charge in [-0.1, -0.05) is 108 Å². The molecule has 6 aromatic rings. The molecule has 4 aromatic carbocycles. The molecule has 7 nitrogen and oxygen atoms in total. The summed E-state index contributed by atoms with van der Waals surface area (Å²) in [6.45, 7) is 3.74. The maximum atomic E-state index is 14.6. The van der Waals surface area contributed by atoms with Crippen LogP contribution in [0.1, 0.15) is 31.0 Å². The summed E-state index contributed by atoms with van der Waals surface area (Å²) < 4.78 is 15.5. The van der Waals surface area contributed by atoms with Crippen molar-refractivity contribution in [2.75, 3.05) is 13.7 Å². The van der Waals surface area contributed by atoms with Crippen molar-refractivity contribution in [1.82, 2.24) is 9.13 Å². The highest BCUT2D eigenvalue weighted by molar-refractivity contribution is 7.07. The molecule has 7 rings (SSSR count). The topological polar surface area (TPSA) is 74.8 Å². The number of benzene rings is 4. The average Bonchev–Trinajstić information content (AvgIpc) is 3.65. The van der Waals surface area contributed by atoms with Crippen molar-refractivity contribution in [3.63, 3.8) is 0 Å². The Kier molecular flexibility index (Phi) is 8.48. The Morgan fingerprint density at radius 2 is 1.50 bits per heavy atom. The van der Waals surface area contributed by atoms with E-state index in [0.717, 1.165) is 33.8 Å². The summed E-state index contributed by atoms with van der Waals surface area (Å²) in [6, 6.07) is 39.5. The number of carbonyl (C=O) groups is 1. The van der Waals surface area contributed by atoms with Gasteiger partial charge in [0.1, 0.15) is 11.8 Å². The highest BCUT2D eigenvalue weighted by atomic mass is 32.1. The first kappa shape index (κ1) is 30.9. The number of para-hydroxylation sites is 2. The van der Waals surface area contributed by atoms with E-state index in [4.69, 9.17) is 14.5 Å². The summed E-state index contributed by atoms with van der Waals surface area (Å²) in [5.74, 6) is 0.0510. The fourth-order valence-corrected chi connectivity index (χ4v) is 7.35. The number of fused-ring (bicyclic) bond motifs is 1. The van der Waals surface area contributed by atoms with E-state index >= 15 is 0 Å². The molecule has 0 amide bonds. The molecule has 0 aliphatic carbocycles. The number of rotatable bonds is 8. The first-order valence-electron chi connectivity index (χ1n) is 15.7. The van der Waals surface area contributed by atoms with E-state index in [1.807, 2.05) is 84.9 Å². The lowest BCUT2D eigenvalue weighted by molar-refractivity contribution is -0.139. The lowest BCUT2D eigenvalue weighted by Crippen LogP contribution is -2.40. The van der Waals surface area contributed by atoms with E-state index in [2.05, 4.69) is 47.0 Å². The van der Waals surface area contributed by atoms with Crippen molar-refractivity contribution in [1.29, 1.82) is 0 Å². The van der Waals surface area contributed by atoms with Gasteiger partial charge in [-0.05, 0) is 55.3 Å². The summed E-state index contributed by atoms with van der Waals surface area (Å²) >= 11 is 1.30. The van der Waals surface area contributed by atoms with Crippen LogP contribution in [0.4, 0.5) is 0 Å². The van der Waals surface area contributed by atoms with Crippen LogP contribution in [0.5, 0.6) is 5.75 Å². The van der Waals surface area contributed by atoms with Gasteiger partial charge >= 0.3 is 5.97 Å². The molecule has 48 heavy (non-hydrogen) atoms. The molecule has 0 fully saturated rings. The minimum atomic E-state index is -0.777. The predicted octanol–water partition coefficient (Wildman–Crippen LogP) is 6.93. The zero-order valence-corrected chi connectivity index (χ0v) is 27.6. The lowest BCUT2D eigenvalue weighted by Gasteiger charge is -2.25. The second-order valence-electron chi connectivity index (χ2n) is 11.3. The molecule has 2 aromatic heterocycles. The summed E-state index contributed by atoms with van der Waals surface area (Å²) in [5.41, 5.74) is 7.12. The predicted molar refractivity (Wildman–Crippen MR) is 190 cm³/mol. The highest BCUT2D eigenvalue weighted by Crippen LogP contribution is 2.38. The van der Waals surface area contributed by atoms with Gasteiger partial charge in [-0.2, -0.15) is 0 Å². The molecule has 0 saturated heterocycles.